The molecule has 3 aromatic heterocycles. The molecule has 0 bridgehead atoms. The second-order valence-electron chi connectivity index (χ2n) is 7.71. The van der Waals surface area contributed by atoms with Crippen LogP contribution in [0.5, 0.6) is 0 Å². The Morgan fingerprint density at radius 1 is 0.938 bits per heavy atom. The van der Waals surface area contributed by atoms with E-state index in [0.717, 1.165) is 35.0 Å². The highest BCUT2D eigenvalue weighted by Crippen LogP contribution is 2.30. The lowest BCUT2D eigenvalue weighted by Gasteiger charge is -2.17. The average molecular weight is 422 g/mol. The highest BCUT2D eigenvalue weighted by atomic mass is 16.2. The van der Waals surface area contributed by atoms with Gasteiger partial charge in [-0.05, 0) is 42.8 Å². The van der Waals surface area contributed by atoms with E-state index >= 15 is 0 Å². The van der Waals surface area contributed by atoms with Crippen molar-refractivity contribution in [2.24, 2.45) is 0 Å². The fraction of sp³-hybridized carbons (Fsp3) is 0.160. The third kappa shape index (κ3) is 4.32. The van der Waals surface area contributed by atoms with E-state index in [2.05, 4.69) is 15.3 Å². The zero-order valence-corrected chi connectivity index (χ0v) is 17.4. The summed E-state index contributed by atoms with van der Waals surface area (Å²) < 4.78 is 0. The lowest BCUT2D eigenvalue weighted by Crippen LogP contribution is -2.28. The minimum Gasteiger partial charge on any atom is -0.340 e. The zero-order chi connectivity index (χ0) is 21.8. The van der Waals surface area contributed by atoms with Crippen LogP contribution in [0.25, 0.3) is 11.3 Å². The van der Waals surface area contributed by atoms with Crippen molar-refractivity contribution in [3.63, 3.8) is 0 Å². The molecule has 158 valence electrons. The van der Waals surface area contributed by atoms with Crippen LogP contribution < -0.4 is 5.32 Å². The summed E-state index contributed by atoms with van der Waals surface area (Å²) in [5.41, 5.74) is 3.28. The summed E-state index contributed by atoms with van der Waals surface area (Å²) in [5, 5.41) is 3.38. The zero-order valence-electron chi connectivity index (χ0n) is 17.4. The molecule has 32 heavy (non-hydrogen) atoms. The van der Waals surface area contributed by atoms with Crippen LogP contribution in [-0.4, -0.2) is 43.8 Å². The predicted octanol–water partition coefficient (Wildman–Crippen LogP) is 4.31. The number of aromatic nitrogens is 4. The molecule has 1 amide bonds. The second-order valence-corrected chi connectivity index (χ2v) is 7.71. The number of nitrogens with zero attached hydrogens (tertiary/aromatic N) is 5. The predicted molar refractivity (Wildman–Crippen MR) is 122 cm³/mol. The van der Waals surface area contributed by atoms with Crippen molar-refractivity contribution in [2.75, 3.05) is 18.4 Å². The van der Waals surface area contributed by atoms with Gasteiger partial charge in [0.2, 0.25) is 0 Å². The van der Waals surface area contributed by atoms with Crippen molar-refractivity contribution < 1.29 is 4.79 Å². The maximum absolute atomic E-state index is 12.8. The number of para-hydroxylation sites is 1. The fourth-order valence-electron chi connectivity index (χ4n) is 3.87. The molecule has 1 aliphatic heterocycles. The maximum Gasteiger partial charge on any atom is 0.255 e. The first-order valence-corrected chi connectivity index (χ1v) is 10.6. The van der Waals surface area contributed by atoms with Gasteiger partial charge in [0.05, 0.1) is 11.3 Å². The summed E-state index contributed by atoms with van der Waals surface area (Å²) in [6, 6.07) is 19.3. The third-order valence-electron chi connectivity index (χ3n) is 5.50. The van der Waals surface area contributed by atoms with E-state index in [-0.39, 0.29) is 11.8 Å². The minimum absolute atomic E-state index is 0.00773. The number of rotatable bonds is 5. The van der Waals surface area contributed by atoms with Gasteiger partial charge >= 0.3 is 0 Å². The topological polar surface area (TPSA) is 83.9 Å². The Labute approximate surface area is 186 Å². The Hall–Kier alpha value is -4.13. The van der Waals surface area contributed by atoms with Crippen LogP contribution in [0.1, 0.15) is 28.5 Å². The van der Waals surface area contributed by atoms with Crippen LogP contribution in [0, 0.1) is 0 Å². The second kappa shape index (κ2) is 8.93. The first-order valence-electron chi connectivity index (χ1n) is 10.6. The maximum atomic E-state index is 12.8. The van der Waals surface area contributed by atoms with E-state index in [1.54, 1.807) is 36.9 Å². The molecule has 1 saturated heterocycles. The fourth-order valence-corrected chi connectivity index (χ4v) is 3.87. The Balaban J connectivity index is 1.44. The van der Waals surface area contributed by atoms with Crippen molar-refractivity contribution in [1.29, 1.82) is 0 Å². The molecule has 4 aromatic rings. The van der Waals surface area contributed by atoms with Gasteiger partial charge in [0, 0.05) is 61.1 Å². The largest absolute Gasteiger partial charge is 0.340 e. The van der Waals surface area contributed by atoms with Crippen LogP contribution in [0.2, 0.25) is 0 Å². The normalized spacial score (nSPS) is 15.5. The van der Waals surface area contributed by atoms with E-state index in [1.807, 2.05) is 53.4 Å². The molecule has 1 aliphatic rings. The number of amides is 1. The first-order chi connectivity index (χ1) is 15.8. The molecule has 5 rings (SSSR count). The quantitative estimate of drug-likeness (QED) is 0.516. The Bertz CT molecular complexity index is 1200. The van der Waals surface area contributed by atoms with Gasteiger partial charge in [-0.2, -0.15) is 0 Å². The lowest BCUT2D eigenvalue weighted by atomic mass is 10.1. The van der Waals surface area contributed by atoms with Gasteiger partial charge in [0.1, 0.15) is 11.6 Å². The van der Waals surface area contributed by atoms with E-state index in [0.29, 0.717) is 18.7 Å². The molecule has 4 heterocycles. The lowest BCUT2D eigenvalue weighted by molar-refractivity contribution is 0.0790. The van der Waals surface area contributed by atoms with Crippen LogP contribution in [0.15, 0.2) is 85.5 Å². The van der Waals surface area contributed by atoms with Crippen LogP contribution in [0.4, 0.5) is 11.5 Å². The molecule has 7 nitrogen and oxygen atoms in total. The highest BCUT2D eigenvalue weighted by molar-refractivity contribution is 5.94. The van der Waals surface area contributed by atoms with Crippen molar-refractivity contribution >= 4 is 17.4 Å². The van der Waals surface area contributed by atoms with Crippen LogP contribution in [0.3, 0.4) is 0 Å². The number of hydrogen-bond acceptors (Lipinski definition) is 6. The Morgan fingerprint density at radius 3 is 2.50 bits per heavy atom. The molecule has 1 unspecified atom stereocenters. The molecule has 1 aromatic carbocycles. The minimum atomic E-state index is -0.00773. The van der Waals surface area contributed by atoms with E-state index in [1.165, 1.54) is 0 Å². The number of carbonyl (C=O) groups is 1. The summed E-state index contributed by atoms with van der Waals surface area (Å²) in [6.45, 7) is 1.25. The number of hydrogen-bond donors (Lipinski definition) is 1. The number of carbonyl (C=O) groups excluding carboxylic acids is 1. The van der Waals surface area contributed by atoms with E-state index in [9.17, 15) is 4.79 Å². The van der Waals surface area contributed by atoms with Crippen molar-refractivity contribution in [3.8, 4) is 11.3 Å². The third-order valence-corrected chi connectivity index (χ3v) is 5.50. The number of benzene rings is 1. The summed E-state index contributed by atoms with van der Waals surface area (Å²) in [6.07, 6.45) is 7.63. The Kier molecular flexibility index (Phi) is 5.53. The van der Waals surface area contributed by atoms with Gasteiger partial charge in [-0.3, -0.25) is 14.8 Å². The van der Waals surface area contributed by atoms with Crippen molar-refractivity contribution in [1.82, 2.24) is 24.8 Å². The summed E-state index contributed by atoms with van der Waals surface area (Å²) in [4.78, 5) is 32.7. The summed E-state index contributed by atoms with van der Waals surface area (Å²) in [5.74, 6) is 1.50. The van der Waals surface area contributed by atoms with Gasteiger partial charge < -0.3 is 10.2 Å². The molecule has 7 heteroatoms. The SMILES string of the molecule is O=C(c1cccnc1)N1CCC(c2nc(Nc3ccccc3)cc(-c3cccnc3)n2)C1. The number of pyridine rings is 2. The molecule has 0 radical (unpaired) electrons. The highest BCUT2D eigenvalue weighted by Gasteiger charge is 2.30. The Morgan fingerprint density at radius 2 is 1.75 bits per heavy atom. The van der Waals surface area contributed by atoms with Gasteiger partial charge in [0.15, 0.2) is 0 Å². The molecule has 0 spiro atoms. The number of likely N-dealkylation sites (tertiary alicyclic amines) is 1. The molecule has 1 N–H and O–H groups in total. The van der Waals surface area contributed by atoms with Gasteiger partial charge in [-0.15, -0.1) is 0 Å². The molecule has 1 fully saturated rings. The molecular weight excluding hydrogens is 400 g/mol. The van der Waals surface area contributed by atoms with Gasteiger partial charge in [-0.25, -0.2) is 9.97 Å². The first kappa shape index (κ1) is 19.8. The number of anilines is 2. The smallest absolute Gasteiger partial charge is 0.255 e. The molecule has 0 saturated carbocycles. The van der Waals surface area contributed by atoms with E-state index < -0.39 is 0 Å². The van der Waals surface area contributed by atoms with E-state index in [4.69, 9.17) is 9.97 Å². The standard InChI is InChI=1S/C25H22N6O/c32-25(19-7-5-12-27-16-19)31-13-10-20(17-31)24-29-22(18-6-4-11-26-15-18)14-23(30-24)28-21-8-2-1-3-9-21/h1-9,11-12,14-16,20H,10,13,17H2,(H,28,29,30). The molecule has 1 atom stereocenters. The van der Waals surface area contributed by atoms with Crippen molar-refractivity contribution in [3.05, 3.63) is 96.8 Å². The van der Waals surface area contributed by atoms with Crippen LogP contribution >= 0.6 is 0 Å². The average Bonchev–Trinajstić information content (AvgIpc) is 3.36. The summed E-state index contributed by atoms with van der Waals surface area (Å²) in [7, 11) is 0. The van der Waals surface area contributed by atoms with Crippen LogP contribution in [-0.2, 0) is 0 Å². The number of nitrogens with one attached hydrogen (secondary N) is 1. The molecular formula is C25H22N6O. The monoisotopic (exact) mass is 422 g/mol. The van der Waals surface area contributed by atoms with Gasteiger partial charge in [-0.1, -0.05) is 18.2 Å². The van der Waals surface area contributed by atoms with Gasteiger partial charge in [0.25, 0.3) is 5.91 Å². The van der Waals surface area contributed by atoms with Crippen molar-refractivity contribution in [2.45, 2.75) is 12.3 Å². The molecule has 0 aliphatic carbocycles. The summed E-state index contributed by atoms with van der Waals surface area (Å²) >= 11 is 0.